The first-order chi connectivity index (χ1) is 15.0. The third kappa shape index (κ3) is 5.01. The van der Waals surface area contributed by atoms with Crippen molar-refractivity contribution in [3.63, 3.8) is 0 Å². The fraction of sp³-hybridized carbons (Fsp3) is 0.154. The van der Waals surface area contributed by atoms with E-state index in [-0.39, 0.29) is 6.42 Å². The predicted molar refractivity (Wildman–Crippen MR) is 119 cm³/mol. The van der Waals surface area contributed by atoms with Gasteiger partial charge in [0, 0.05) is 18.0 Å². The molecule has 4 rings (SSSR count). The first-order valence-corrected chi connectivity index (χ1v) is 10.0. The Kier molecular flexibility index (Phi) is 5.85. The van der Waals surface area contributed by atoms with E-state index < -0.39 is 11.6 Å². The fourth-order valence-corrected chi connectivity index (χ4v) is 3.37. The number of aliphatic carboxylic acids is 1. The second-order valence-corrected chi connectivity index (χ2v) is 7.59. The van der Waals surface area contributed by atoms with Crippen LogP contribution < -0.4 is 9.47 Å². The van der Waals surface area contributed by atoms with Gasteiger partial charge >= 0.3 is 5.97 Å². The molecule has 0 aliphatic heterocycles. The molecular weight excluding hydrogens is 390 g/mol. The van der Waals surface area contributed by atoms with Gasteiger partial charge in [-0.05, 0) is 54.4 Å². The van der Waals surface area contributed by atoms with Gasteiger partial charge in [-0.2, -0.15) is 0 Å². The minimum absolute atomic E-state index is 0.215. The van der Waals surface area contributed by atoms with E-state index >= 15 is 0 Å². The number of carboxylic acids is 1. The lowest BCUT2D eigenvalue weighted by molar-refractivity contribution is -0.153. The third-order valence-corrected chi connectivity index (χ3v) is 5.08. The number of rotatable bonds is 8. The van der Waals surface area contributed by atoms with Crippen LogP contribution in [-0.4, -0.2) is 21.7 Å². The van der Waals surface area contributed by atoms with Crippen LogP contribution in [0.2, 0.25) is 0 Å². The van der Waals surface area contributed by atoms with E-state index in [1.54, 1.807) is 19.2 Å². The van der Waals surface area contributed by atoms with Crippen molar-refractivity contribution in [3.05, 3.63) is 102 Å². The molecule has 1 N–H and O–H groups in total. The van der Waals surface area contributed by atoms with Crippen LogP contribution in [0.3, 0.4) is 0 Å². The van der Waals surface area contributed by atoms with Crippen LogP contribution in [0, 0.1) is 0 Å². The molecule has 4 aromatic rings. The monoisotopic (exact) mass is 413 g/mol. The third-order valence-electron chi connectivity index (χ3n) is 5.08. The van der Waals surface area contributed by atoms with Gasteiger partial charge in [0.05, 0.1) is 5.52 Å². The number of carbonyl (C=O) groups is 1. The van der Waals surface area contributed by atoms with E-state index in [1.807, 2.05) is 78.9 Å². The molecule has 0 bridgehead atoms. The van der Waals surface area contributed by atoms with E-state index in [4.69, 9.17) is 9.47 Å². The Morgan fingerprint density at radius 3 is 2.39 bits per heavy atom. The molecule has 5 nitrogen and oxygen atoms in total. The Labute approximate surface area is 180 Å². The second-order valence-electron chi connectivity index (χ2n) is 7.59. The number of hydrogen-bond donors (Lipinski definition) is 1. The molecule has 1 heterocycles. The molecule has 3 aromatic carbocycles. The van der Waals surface area contributed by atoms with Crippen molar-refractivity contribution < 1.29 is 19.4 Å². The van der Waals surface area contributed by atoms with Crippen molar-refractivity contribution in [2.75, 3.05) is 0 Å². The number of aromatic nitrogens is 1. The molecule has 1 atom stereocenters. The first-order valence-electron chi connectivity index (χ1n) is 10.0. The summed E-state index contributed by atoms with van der Waals surface area (Å²) in [6.45, 7) is 2.07. The molecule has 31 heavy (non-hydrogen) atoms. The second kappa shape index (κ2) is 8.88. The van der Waals surface area contributed by atoms with Gasteiger partial charge < -0.3 is 14.6 Å². The van der Waals surface area contributed by atoms with Gasteiger partial charge in [-0.15, -0.1) is 0 Å². The molecule has 0 saturated carbocycles. The molecule has 0 aliphatic rings. The van der Waals surface area contributed by atoms with Gasteiger partial charge in [0.2, 0.25) is 5.60 Å². The Morgan fingerprint density at radius 1 is 0.903 bits per heavy atom. The maximum atomic E-state index is 12.1. The van der Waals surface area contributed by atoms with Crippen LogP contribution in [0.1, 0.15) is 18.1 Å². The van der Waals surface area contributed by atoms with Crippen LogP contribution >= 0.6 is 0 Å². The highest BCUT2D eigenvalue weighted by molar-refractivity contribution is 5.81. The van der Waals surface area contributed by atoms with Crippen molar-refractivity contribution in [1.82, 2.24) is 4.98 Å². The number of pyridine rings is 1. The molecule has 0 saturated heterocycles. The van der Waals surface area contributed by atoms with Gasteiger partial charge in [0.25, 0.3) is 0 Å². The van der Waals surface area contributed by atoms with Crippen LogP contribution in [0.15, 0.2) is 91.1 Å². The minimum Gasteiger partial charge on any atom is -0.489 e. The zero-order valence-corrected chi connectivity index (χ0v) is 17.2. The van der Waals surface area contributed by atoms with Gasteiger partial charge in [0.1, 0.15) is 18.1 Å². The normalized spacial score (nSPS) is 12.8. The zero-order chi connectivity index (χ0) is 21.7. The van der Waals surface area contributed by atoms with Gasteiger partial charge in [-0.1, -0.05) is 48.5 Å². The zero-order valence-electron chi connectivity index (χ0n) is 17.2. The highest BCUT2D eigenvalue weighted by Gasteiger charge is 2.36. The summed E-state index contributed by atoms with van der Waals surface area (Å²) < 4.78 is 11.8. The molecular formula is C26H23NO4. The summed E-state index contributed by atoms with van der Waals surface area (Å²) >= 11 is 0. The fourth-order valence-electron chi connectivity index (χ4n) is 3.37. The Bertz CT molecular complexity index is 1170. The van der Waals surface area contributed by atoms with E-state index in [0.29, 0.717) is 12.4 Å². The summed E-state index contributed by atoms with van der Waals surface area (Å²) in [6.07, 6.45) is 1.93. The molecule has 1 unspecified atom stereocenters. The summed E-state index contributed by atoms with van der Waals surface area (Å²) in [4.78, 5) is 16.3. The van der Waals surface area contributed by atoms with E-state index in [1.165, 1.54) is 0 Å². The molecule has 5 heteroatoms. The summed E-state index contributed by atoms with van der Waals surface area (Å²) in [5, 5.41) is 10.8. The molecule has 0 radical (unpaired) electrons. The van der Waals surface area contributed by atoms with Gasteiger partial charge in [0.15, 0.2) is 0 Å². The van der Waals surface area contributed by atoms with Crippen LogP contribution in [-0.2, 0) is 17.8 Å². The van der Waals surface area contributed by atoms with Crippen molar-refractivity contribution in [2.24, 2.45) is 0 Å². The molecule has 0 fully saturated rings. The number of carboxylic acid groups (broad SMARTS) is 1. The van der Waals surface area contributed by atoms with Gasteiger partial charge in [-0.3, -0.25) is 4.98 Å². The lowest BCUT2D eigenvalue weighted by atomic mass is 9.96. The first kappa shape index (κ1) is 20.4. The Balaban J connectivity index is 1.45. The number of benzene rings is 3. The topological polar surface area (TPSA) is 68.7 Å². The average molecular weight is 413 g/mol. The maximum Gasteiger partial charge on any atom is 0.348 e. The highest BCUT2D eigenvalue weighted by atomic mass is 16.5. The summed E-state index contributed by atoms with van der Waals surface area (Å²) in [6, 6.07) is 26.5. The lowest BCUT2D eigenvalue weighted by Crippen LogP contribution is -2.43. The van der Waals surface area contributed by atoms with Crippen LogP contribution in [0.5, 0.6) is 11.5 Å². The quantitative estimate of drug-likeness (QED) is 0.426. The van der Waals surface area contributed by atoms with E-state index in [0.717, 1.165) is 27.8 Å². The summed E-state index contributed by atoms with van der Waals surface area (Å²) in [5.41, 5.74) is 1.35. The number of hydrogen-bond acceptors (Lipinski definition) is 4. The van der Waals surface area contributed by atoms with Crippen LogP contribution in [0.25, 0.3) is 10.9 Å². The number of fused-ring (bicyclic) bond motifs is 1. The maximum absolute atomic E-state index is 12.1. The Hall–Kier alpha value is -3.86. The highest BCUT2D eigenvalue weighted by Crippen LogP contribution is 2.26. The van der Waals surface area contributed by atoms with E-state index in [9.17, 15) is 9.90 Å². The molecule has 1 aromatic heterocycles. The number of nitrogens with zero attached hydrogens (tertiary/aromatic N) is 1. The molecule has 0 aliphatic carbocycles. The Morgan fingerprint density at radius 2 is 1.65 bits per heavy atom. The predicted octanol–water partition coefficient (Wildman–Crippen LogP) is 5.28. The summed E-state index contributed by atoms with van der Waals surface area (Å²) in [7, 11) is 0. The number of ether oxygens (including phenoxy) is 2. The molecule has 156 valence electrons. The van der Waals surface area contributed by atoms with E-state index in [2.05, 4.69) is 4.98 Å². The smallest absolute Gasteiger partial charge is 0.348 e. The van der Waals surface area contributed by atoms with Crippen molar-refractivity contribution >= 4 is 16.9 Å². The summed E-state index contributed by atoms with van der Waals surface area (Å²) in [5.74, 6) is 0.198. The lowest BCUT2D eigenvalue weighted by Gasteiger charge is -2.26. The molecule has 0 amide bonds. The standard InChI is InChI=1S/C26H23NO4/c1-26(25(28)29,31-23-13-14-24-21(16-23)8-5-15-27-24)17-19-9-11-22(12-10-19)30-18-20-6-3-2-4-7-20/h2-16H,17-18H2,1H3,(H,28,29). The van der Waals surface area contributed by atoms with Crippen molar-refractivity contribution in [2.45, 2.75) is 25.6 Å². The van der Waals surface area contributed by atoms with Crippen molar-refractivity contribution in [1.29, 1.82) is 0 Å². The SMILES string of the molecule is CC(Cc1ccc(OCc2ccccc2)cc1)(Oc1ccc2ncccc2c1)C(=O)O. The average Bonchev–Trinajstić information content (AvgIpc) is 2.79. The molecule has 0 spiro atoms. The largest absolute Gasteiger partial charge is 0.489 e. The van der Waals surface area contributed by atoms with Crippen LogP contribution in [0.4, 0.5) is 0 Å². The van der Waals surface area contributed by atoms with Gasteiger partial charge in [-0.25, -0.2) is 4.79 Å². The minimum atomic E-state index is -1.41. The van der Waals surface area contributed by atoms with Crippen molar-refractivity contribution in [3.8, 4) is 11.5 Å².